The monoisotopic (exact) mass is 483 g/mol. The Morgan fingerprint density at radius 2 is 1.74 bits per heavy atom. The van der Waals surface area contributed by atoms with Gasteiger partial charge in [0.05, 0.1) is 4.90 Å². The van der Waals surface area contributed by atoms with E-state index in [9.17, 15) is 18.0 Å². The minimum Gasteiger partial charge on any atom is -0.426 e. The Morgan fingerprint density at radius 3 is 2.50 bits per heavy atom. The van der Waals surface area contributed by atoms with E-state index in [1.54, 1.807) is 36.4 Å². The van der Waals surface area contributed by atoms with Gasteiger partial charge in [0.1, 0.15) is 11.3 Å². The smallest absolute Gasteiger partial charge is 0.339 e. The third kappa shape index (κ3) is 5.74. The summed E-state index contributed by atoms with van der Waals surface area (Å²) >= 11 is 0. The van der Waals surface area contributed by atoms with Gasteiger partial charge in [-0.1, -0.05) is 24.1 Å². The first-order chi connectivity index (χ1) is 16.3. The van der Waals surface area contributed by atoms with Crippen LogP contribution in [0.4, 0.5) is 0 Å². The van der Waals surface area contributed by atoms with Gasteiger partial charge in [-0.3, -0.25) is 4.79 Å². The maximum atomic E-state index is 12.3. The van der Waals surface area contributed by atoms with Crippen LogP contribution in [0.5, 0.6) is 5.75 Å². The fraction of sp³-hybridized carbons (Fsp3) is 0.385. The van der Waals surface area contributed by atoms with Gasteiger partial charge in [0.15, 0.2) is 0 Å². The standard InChI is InChI=1S/C26H29NO6S/c1-18-10-13-20(14-11-18)34(30,31)27-16-6-2-3-9-25(28)32-19-12-15-22-21-7-4-5-8-23(21)26(29)33-24(22)17-19/h10-15,17,27H,2-9,16H2,1H3. The van der Waals surface area contributed by atoms with E-state index in [2.05, 4.69) is 4.72 Å². The van der Waals surface area contributed by atoms with E-state index in [1.165, 1.54) is 0 Å². The van der Waals surface area contributed by atoms with Crippen molar-refractivity contribution in [3.63, 3.8) is 0 Å². The van der Waals surface area contributed by atoms with E-state index < -0.39 is 10.0 Å². The fourth-order valence-corrected chi connectivity index (χ4v) is 5.32. The topological polar surface area (TPSA) is 103 Å². The number of hydrogen-bond acceptors (Lipinski definition) is 6. The van der Waals surface area contributed by atoms with E-state index in [1.807, 2.05) is 13.0 Å². The third-order valence-corrected chi connectivity index (χ3v) is 7.58. The van der Waals surface area contributed by atoms with Crippen molar-refractivity contribution >= 4 is 27.0 Å². The van der Waals surface area contributed by atoms with E-state index in [4.69, 9.17) is 9.15 Å². The van der Waals surface area contributed by atoms with Crippen LogP contribution in [-0.2, 0) is 27.7 Å². The molecule has 0 amide bonds. The summed E-state index contributed by atoms with van der Waals surface area (Å²) < 4.78 is 38.0. The number of carbonyl (C=O) groups is 1. The van der Waals surface area contributed by atoms with Crippen molar-refractivity contribution < 1.29 is 22.4 Å². The molecule has 1 aliphatic rings. The molecule has 0 fully saturated rings. The Hall–Kier alpha value is -2.97. The molecule has 3 aromatic rings. The lowest BCUT2D eigenvalue weighted by Crippen LogP contribution is -2.24. The number of unbranched alkanes of at least 4 members (excludes halogenated alkanes) is 2. The molecule has 7 nitrogen and oxygen atoms in total. The summed E-state index contributed by atoms with van der Waals surface area (Å²) in [5.74, 6) is -0.0258. The molecular weight excluding hydrogens is 454 g/mol. The molecule has 180 valence electrons. The number of carbonyl (C=O) groups excluding carboxylic acids is 1. The highest BCUT2D eigenvalue weighted by Crippen LogP contribution is 2.29. The van der Waals surface area contributed by atoms with Gasteiger partial charge in [-0.25, -0.2) is 17.9 Å². The number of rotatable bonds is 9. The second kappa shape index (κ2) is 10.5. The van der Waals surface area contributed by atoms with Crippen LogP contribution in [0, 0.1) is 6.92 Å². The summed E-state index contributed by atoms with van der Waals surface area (Å²) in [7, 11) is -3.52. The van der Waals surface area contributed by atoms with Crippen molar-refractivity contribution in [1.29, 1.82) is 0 Å². The Morgan fingerprint density at radius 1 is 1.00 bits per heavy atom. The first-order valence-electron chi connectivity index (χ1n) is 11.7. The summed E-state index contributed by atoms with van der Waals surface area (Å²) in [6, 6.07) is 11.9. The highest BCUT2D eigenvalue weighted by molar-refractivity contribution is 7.89. The summed E-state index contributed by atoms with van der Waals surface area (Å²) in [4.78, 5) is 24.7. The summed E-state index contributed by atoms with van der Waals surface area (Å²) in [5, 5.41) is 0.905. The molecule has 1 heterocycles. The molecule has 2 aromatic carbocycles. The summed E-state index contributed by atoms with van der Waals surface area (Å²) in [5.41, 5.74) is 2.96. The summed E-state index contributed by atoms with van der Waals surface area (Å²) in [6.07, 6.45) is 5.76. The molecule has 8 heteroatoms. The van der Waals surface area contributed by atoms with E-state index in [-0.39, 0.29) is 22.9 Å². The Bertz CT molecular complexity index is 1340. The average molecular weight is 484 g/mol. The van der Waals surface area contributed by atoms with E-state index in [0.29, 0.717) is 37.1 Å². The minimum absolute atomic E-state index is 0.219. The quantitative estimate of drug-likeness (QED) is 0.209. The van der Waals surface area contributed by atoms with Crippen LogP contribution in [0.25, 0.3) is 11.0 Å². The zero-order chi connectivity index (χ0) is 24.1. The number of benzene rings is 2. The third-order valence-electron chi connectivity index (χ3n) is 6.11. The lowest BCUT2D eigenvalue weighted by Gasteiger charge is -2.16. The minimum atomic E-state index is -3.52. The van der Waals surface area contributed by atoms with Crippen LogP contribution in [0.2, 0.25) is 0 Å². The molecule has 1 aromatic heterocycles. The van der Waals surface area contributed by atoms with Crippen LogP contribution in [0.3, 0.4) is 0 Å². The largest absolute Gasteiger partial charge is 0.426 e. The second-order valence-electron chi connectivity index (χ2n) is 8.71. The molecule has 0 spiro atoms. The molecule has 0 saturated carbocycles. The fourth-order valence-electron chi connectivity index (χ4n) is 4.25. The molecule has 0 unspecified atom stereocenters. The molecule has 0 atom stereocenters. The lowest BCUT2D eigenvalue weighted by atomic mass is 9.91. The predicted octanol–water partition coefficient (Wildman–Crippen LogP) is 4.42. The van der Waals surface area contributed by atoms with Gasteiger partial charge in [0.25, 0.3) is 0 Å². The van der Waals surface area contributed by atoms with Crippen molar-refractivity contribution in [1.82, 2.24) is 4.72 Å². The van der Waals surface area contributed by atoms with E-state index >= 15 is 0 Å². The van der Waals surface area contributed by atoms with Gasteiger partial charge < -0.3 is 9.15 Å². The Balaban J connectivity index is 1.23. The van der Waals surface area contributed by atoms with Gasteiger partial charge in [-0.2, -0.15) is 0 Å². The highest BCUT2D eigenvalue weighted by atomic mass is 32.2. The zero-order valence-electron chi connectivity index (χ0n) is 19.3. The van der Waals surface area contributed by atoms with Gasteiger partial charge >= 0.3 is 11.6 Å². The second-order valence-corrected chi connectivity index (χ2v) is 10.5. The molecule has 0 saturated heterocycles. The maximum absolute atomic E-state index is 12.3. The molecule has 1 N–H and O–H groups in total. The molecule has 0 aliphatic heterocycles. The number of fused-ring (bicyclic) bond motifs is 3. The molecule has 4 rings (SSSR count). The number of nitrogens with one attached hydrogen (secondary N) is 1. The number of sulfonamides is 1. The molecule has 0 radical (unpaired) electrons. The molecule has 1 aliphatic carbocycles. The van der Waals surface area contributed by atoms with Crippen LogP contribution < -0.4 is 15.1 Å². The van der Waals surface area contributed by atoms with Crippen molar-refractivity contribution in [2.75, 3.05) is 6.54 Å². The SMILES string of the molecule is Cc1ccc(S(=O)(=O)NCCCCCC(=O)Oc2ccc3c4c(c(=O)oc3c2)CCCC4)cc1. The molecular formula is C26H29NO6S. The van der Waals surface area contributed by atoms with Crippen molar-refractivity contribution in [2.24, 2.45) is 0 Å². The molecule has 0 bridgehead atoms. The van der Waals surface area contributed by atoms with Crippen LogP contribution in [0.15, 0.2) is 56.6 Å². The Kier molecular flexibility index (Phi) is 7.48. The van der Waals surface area contributed by atoms with Crippen molar-refractivity contribution in [3.8, 4) is 5.75 Å². The van der Waals surface area contributed by atoms with Crippen LogP contribution in [-0.4, -0.2) is 20.9 Å². The normalized spacial score (nSPS) is 13.6. The van der Waals surface area contributed by atoms with Gasteiger partial charge in [0.2, 0.25) is 10.0 Å². The maximum Gasteiger partial charge on any atom is 0.339 e. The van der Waals surface area contributed by atoms with Crippen LogP contribution >= 0.6 is 0 Å². The van der Waals surface area contributed by atoms with Crippen molar-refractivity contribution in [3.05, 3.63) is 69.6 Å². The first kappa shape index (κ1) is 24.2. The Labute approximate surface area is 199 Å². The van der Waals surface area contributed by atoms with E-state index in [0.717, 1.165) is 47.8 Å². The average Bonchev–Trinajstić information content (AvgIpc) is 2.81. The molecule has 34 heavy (non-hydrogen) atoms. The summed E-state index contributed by atoms with van der Waals surface area (Å²) in [6.45, 7) is 2.21. The first-order valence-corrected chi connectivity index (χ1v) is 13.2. The number of hydrogen-bond donors (Lipinski definition) is 1. The van der Waals surface area contributed by atoms with Gasteiger partial charge in [-0.15, -0.1) is 0 Å². The number of esters is 1. The lowest BCUT2D eigenvalue weighted by molar-refractivity contribution is -0.134. The number of ether oxygens (including phenoxy) is 1. The van der Waals surface area contributed by atoms with Crippen LogP contribution in [0.1, 0.15) is 55.2 Å². The predicted molar refractivity (Wildman–Crippen MR) is 130 cm³/mol. The van der Waals surface area contributed by atoms with Gasteiger partial charge in [0, 0.05) is 30.0 Å². The van der Waals surface area contributed by atoms with Gasteiger partial charge in [-0.05, 0) is 75.3 Å². The highest BCUT2D eigenvalue weighted by Gasteiger charge is 2.18. The number of aryl methyl sites for hydroxylation is 2. The van der Waals surface area contributed by atoms with Crippen molar-refractivity contribution in [2.45, 2.75) is 63.2 Å². The zero-order valence-corrected chi connectivity index (χ0v) is 20.1.